The standard InChI is InChI=1S/C20H35NO/c1-2-3-4-5-6-7-8-9-10-14-17-21(18-19-22)20-15-12-11-13-16-20/h11-13,15-16,22H,2-10,14,17-19H2,1H3. The number of nitrogens with zero attached hydrogens (tertiary/aromatic N) is 1. The summed E-state index contributed by atoms with van der Waals surface area (Å²) in [6.45, 7) is 4.30. The third-order valence-corrected chi connectivity index (χ3v) is 4.27. The molecule has 1 aromatic rings. The number of hydrogen-bond donors (Lipinski definition) is 1. The monoisotopic (exact) mass is 305 g/mol. The van der Waals surface area contributed by atoms with E-state index < -0.39 is 0 Å². The van der Waals surface area contributed by atoms with Crippen LogP contribution in [0.15, 0.2) is 30.3 Å². The third-order valence-electron chi connectivity index (χ3n) is 4.27. The van der Waals surface area contributed by atoms with Crippen LogP contribution in [0.5, 0.6) is 0 Å². The smallest absolute Gasteiger partial charge is 0.0606 e. The SMILES string of the molecule is CCCCCCCCCCCCN(CCO)c1ccccc1. The minimum atomic E-state index is 0.229. The second-order valence-electron chi connectivity index (χ2n) is 6.23. The van der Waals surface area contributed by atoms with E-state index in [1.807, 2.05) is 6.07 Å². The van der Waals surface area contributed by atoms with Gasteiger partial charge in [0.1, 0.15) is 0 Å². The van der Waals surface area contributed by atoms with Crippen LogP contribution >= 0.6 is 0 Å². The number of benzene rings is 1. The second-order valence-corrected chi connectivity index (χ2v) is 6.23. The molecule has 0 aliphatic heterocycles. The number of rotatable bonds is 14. The zero-order valence-corrected chi connectivity index (χ0v) is 14.5. The van der Waals surface area contributed by atoms with Gasteiger partial charge in [0.2, 0.25) is 0 Å². The van der Waals surface area contributed by atoms with Gasteiger partial charge in [0.25, 0.3) is 0 Å². The Kier molecular flexibility index (Phi) is 11.8. The molecule has 0 aliphatic rings. The Bertz CT molecular complexity index is 339. The molecule has 0 aromatic heterocycles. The van der Waals surface area contributed by atoms with Gasteiger partial charge in [-0.15, -0.1) is 0 Å². The van der Waals surface area contributed by atoms with Gasteiger partial charge in [0.05, 0.1) is 6.61 Å². The van der Waals surface area contributed by atoms with E-state index in [0.717, 1.165) is 13.1 Å². The largest absolute Gasteiger partial charge is 0.395 e. The summed E-state index contributed by atoms with van der Waals surface area (Å²) in [6, 6.07) is 10.4. The Hall–Kier alpha value is -1.02. The molecule has 0 atom stereocenters. The van der Waals surface area contributed by atoms with Gasteiger partial charge in [-0.2, -0.15) is 0 Å². The molecule has 0 radical (unpaired) electrons. The van der Waals surface area contributed by atoms with Gasteiger partial charge in [-0.1, -0.05) is 82.9 Å². The molecule has 1 N–H and O–H groups in total. The molecule has 0 spiro atoms. The predicted octanol–water partition coefficient (Wildman–Crippen LogP) is 5.41. The lowest BCUT2D eigenvalue weighted by Gasteiger charge is -2.23. The van der Waals surface area contributed by atoms with Crippen LogP contribution in [0.3, 0.4) is 0 Å². The van der Waals surface area contributed by atoms with Gasteiger partial charge in [0.15, 0.2) is 0 Å². The fourth-order valence-corrected chi connectivity index (χ4v) is 2.92. The van der Waals surface area contributed by atoms with Crippen molar-refractivity contribution < 1.29 is 5.11 Å². The minimum absolute atomic E-state index is 0.229. The summed E-state index contributed by atoms with van der Waals surface area (Å²) in [4.78, 5) is 2.30. The van der Waals surface area contributed by atoms with Crippen molar-refractivity contribution in [3.63, 3.8) is 0 Å². The fraction of sp³-hybridized carbons (Fsp3) is 0.700. The molecular formula is C20H35NO. The van der Waals surface area contributed by atoms with Crippen LogP contribution in [-0.2, 0) is 0 Å². The third kappa shape index (κ3) is 9.09. The number of anilines is 1. The highest BCUT2D eigenvalue weighted by atomic mass is 16.3. The van der Waals surface area contributed by atoms with Crippen molar-refractivity contribution in [3.05, 3.63) is 30.3 Å². The lowest BCUT2D eigenvalue weighted by Crippen LogP contribution is -2.27. The average Bonchev–Trinajstić information content (AvgIpc) is 2.56. The molecular weight excluding hydrogens is 270 g/mol. The van der Waals surface area contributed by atoms with Crippen LogP contribution in [0.4, 0.5) is 5.69 Å². The molecule has 2 heteroatoms. The van der Waals surface area contributed by atoms with Crippen LogP contribution in [0.2, 0.25) is 0 Å². The topological polar surface area (TPSA) is 23.5 Å². The van der Waals surface area contributed by atoms with E-state index in [9.17, 15) is 5.11 Å². The lowest BCUT2D eigenvalue weighted by atomic mass is 10.1. The maximum absolute atomic E-state index is 9.22. The molecule has 0 saturated carbocycles. The van der Waals surface area contributed by atoms with Gasteiger partial charge in [-0.3, -0.25) is 0 Å². The molecule has 0 fully saturated rings. The first-order valence-corrected chi connectivity index (χ1v) is 9.29. The van der Waals surface area contributed by atoms with E-state index in [1.54, 1.807) is 0 Å². The molecule has 1 rings (SSSR count). The summed E-state index contributed by atoms with van der Waals surface area (Å²) in [7, 11) is 0. The summed E-state index contributed by atoms with van der Waals surface area (Å²) < 4.78 is 0. The fourth-order valence-electron chi connectivity index (χ4n) is 2.92. The van der Waals surface area contributed by atoms with Gasteiger partial charge in [-0.05, 0) is 18.6 Å². The van der Waals surface area contributed by atoms with Crippen molar-refractivity contribution in [3.8, 4) is 0 Å². The number of aliphatic hydroxyl groups excluding tert-OH is 1. The lowest BCUT2D eigenvalue weighted by molar-refractivity contribution is 0.301. The highest BCUT2D eigenvalue weighted by Gasteiger charge is 2.04. The van der Waals surface area contributed by atoms with E-state index in [2.05, 4.69) is 36.1 Å². The predicted molar refractivity (Wildman–Crippen MR) is 97.6 cm³/mol. The second kappa shape index (κ2) is 13.6. The zero-order chi connectivity index (χ0) is 15.9. The molecule has 0 bridgehead atoms. The average molecular weight is 306 g/mol. The summed E-state index contributed by atoms with van der Waals surface area (Å²) in [5, 5.41) is 9.22. The van der Waals surface area contributed by atoms with Crippen LogP contribution in [0, 0.1) is 0 Å². The number of para-hydroxylation sites is 1. The van der Waals surface area contributed by atoms with Gasteiger partial charge < -0.3 is 10.0 Å². The van der Waals surface area contributed by atoms with E-state index in [-0.39, 0.29) is 6.61 Å². The molecule has 0 amide bonds. The molecule has 2 nitrogen and oxygen atoms in total. The Morgan fingerprint density at radius 2 is 1.27 bits per heavy atom. The van der Waals surface area contributed by atoms with E-state index >= 15 is 0 Å². The van der Waals surface area contributed by atoms with Crippen LogP contribution in [0.1, 0.15) is 71.1 Å². The Balaban J connectivity index is 2.04. The van der Waals surface area contributed by atoms with E-state index in [0.29, 0.717) is 0 Å². The maximum Gasteiger partial charge on any atom is 0.0606 e. The number of hydrogen-bond acceptors (Lipinski definition) is 2. The zero-order valence-electron chi connectivity index (χ0n) is 14.5. The van der Waals surface area contributed by atoms with Crippen LogP contribution in [0.25, 0.3) is 0 Å². The molecule has 0 heterocycles. The van der Waals surface area contributed by atoms with Crippen LogP contribution < -0.4 is 4.90 Å². The van der Waals surface area contributed by atoms with Crippen LogP contribution in [-0.4, -0.2) is 24.8 Å². The first-order valence-electron chi connectivity index (χ1n) is 9.29. The number of unbranched alkanes of at least 4 members (excludes halogenated alkanes) is 9. The quantitative estimate of drug-likeness (QED) is 0.465. The summed E-state index contributed by atoms with van der Waals surface area (Å²) >= 11 is 0. The van der Waals surface area contributed by atoms with Crippen molar-refractivity contribution in [1.82, 2.24) is 0 Å². The molecule has 0 aliphatic carbocycles. The highest BCUT2D eigenvalue weighted by Crippen LogP contribution is 2.15. The number of aliphatic hydroxyl groups is 1. The highest BCUT2D eigenvalue weighted by molar-refractivity contribution is 5.45. The van der Waals surface area contributed by atoms with Crippen molar-refractivity contribution in [2.45, 2.75) is 71.1 Å². The van der Waals surface area contributed by atoms with Crippen molar-refractivity contribution in [1.29, 1.82) is 0 Å². The van der Waals surface area contributed by atoms with E-state index in [4.69, 9.17) is 0 Å². The Morgan fingerprint density at radius 3 is 1.82 bits per heavy atom. The summed E-state index contributed by atoms with van der Waals surface area (Å²) in [5.74, 6) is 0. The van der Waals surface area contributed by atoms with E-state index in [1.165, 1.54) is 69.9 Å². The van der Waals surface area contributed by atoms with Crippen molar-refractivity contribution in [2.24, 2.45) is 0 Å². The minimum Gasteiger partial charge on any atom is -0.395 e. The van der Waals surface area contributed by atoms with Gasteiger partial charge in [-0.25, -0.2) is 0 Å². The van der Waals surface area contributed by atoms with Crippen molar-refractivity contribution >= 4 is 5.69 Å². The van der Waals surface area contributed by atoms with Gasteiger partial charge >= 0.3 is 0 Å². The van der Waals surface area contributed by atoms with Gasteiger partial charge in [0, 0.05) is 18.8 Å². The molecule has 0 unspecified atom stereocenters. The molecule has 22 heavy (non-hydrogen) atoms. The molecule has 1 aromatic carbocycles. The Morgan fingerprint density at radius 1 is 0.727 bits per heavy atom. The first-order chi connectivity index (χ1) is 10.9. The molecule has 0 saturated heterocycles. The molecule has 126 valence electrons. The first kappa shape index (κ1) is 19.0. The van der Waals surface area contributed by atoms with Crippen molar-refractivity contribution in [2.75, 3.05) is 24.6 Å². The summed E-state index contributed by atoms with van der Waals surface area (Å²) in [5.41, 5.74) is 1.23. The summed E-state index contributed by atoms with van der Waals surface area (Å²) in [6.07, 6.45) is 13.7. The maximum atomic E-state index is 9.22. The normalized spacial score (nSPS) is 10.8. The Labute approximate surface area is 137 Å².